The maximum Gasteiger partial charge on any atom is 0.233 e. The number of anilines is 1. The van der Waals surface area contributed by atoms with Crippen LogP contribution < -0.4 is 5.73 Å². The number of aromatic nitrogens is 1. The van der Waals surface area contributed by atoms with Gasteiger partial charge in [-0.25, -0.2) is 4.98 Å². The predicted octanol–water partition coefficient (Wildman–Crippen LogP) is 2.92. The molecule has 0 saturated carbocycles. The summed E-state index contributed by atoms with van der Waals surface area (Å²) in [5.41, 5.74) is 6.15. The monoisotopic (exact) mass is 369 g/mol. The van der Waals surface area contributed by atoms with Crippen LogP contribution in [-0.2, 0) is 4.79 Å². The van der Waals surface area contributed by atoms with E-state index >= 15 is 0 Å². The van der Waals surface area contributed by atoms with Crippen molar-refractivity contribution in [1.29, 1.82) is 10.5 Å². The summed E-state index contributed by atoms with van der Waals surface area (Å²) >= 11 is 2.85. The molecule has 6 nitrogen and oxygen atoms in total. The first-order chi connectivity index (χ1) is 12.1. The minimum atomic E-state index is 0.0227. The van der Waals surface area contributed by atoms with Crippen molar-refractivity contribution in [3.8, 4) is 12.1 Å². The van der Waals surface area contributed by atoms with Crippen molar-refractivity contribution in [3.63, 3.8) is 0 Å². The molecule has 1 aliphatic heterocycles. The molecular formula is C17H15N5OS2. The summed E-state index contributed by atoms with van der Waals surface area (Å²) in [5, 5.41) is 20.6. The molecule has 1 saturated heterocycles. The van der Waals surface area contributed by atoms with Crippen molar-refractivity contribution >= 4 is 34.8 Å². The van der Waals surface area contributed by atoms with E-state index in [-0.39, 0.29) is 34.6 Å². The maximum absolute atomic E-state index is 12.6. The van der Waals surface area contributed by atoms with Gasteiger partial charge >= 0.3 is 0 Å². The summed E-state index contributed by atoms with van der Waals surface area (Å²) in [6.45, 7) is 0.746. The lowest BCUT2D eigenvalue weighted by molar-refractivity contribution is -0.129. The zero-order chi connectivity index (χ0) is 17.8. The van der Waals surface area contributed by atoms with E-state index in [2.05, 4.69) is 11.1 Å². The van der Waals surface area contributed by atoms with Gasteiger partial charge in [0.2, 0.25) is 5.91 Å². The van der Waals surface area contributed by atoms with E-state index in [1.807, 2.05) is 28.5 Å². The summed E-state index contributed by atoms with van der Waals surface area (Å²) in [6.07, 6.45) is 1.97. The van der Waals surface area contributed by atoms with Crippen molar-refractivity contribution < 1.29 is 4.79 Å². The Morgan fingerprint density at radius 1 is 1.44 bits per heavy atom. The van der Waals surface area contributed by atoms with Crippen LogP contribution in [0.1, 0.15) is 34.9 Å². The first-order valence-electron chi connectivity index (χ1n) is 7.70. The molecular weight excluding hydrogens is 354 g/mol. The Hall–Kier alpha value is -2.55. The van der Waals surface area contributed by atoms with Crippen LogP contribution in [0.2, 0.25) is 0 Å². The quantitative estimate of drug-likeness (QED) is 0.830. The van der Waals surface area contributed by atoms with Crippen LogP contribution in [0.3, 0.4) is 0 Å². The number of pyridine rings is 1. The number of amides is 1. The normalized spacial score (nSPS) is 16.4. The molecule has 0 bridgehead atoms. The minimum absolute atomic E-state index is 0.0227. The van der Waals surface area contributed by atoms with E-state index in [0.29, 0.717) is 5.03 Å². The van der Waals surface area contributed by atoms with E-state index < -0.39 is 0 Å². The molecule has 0 spiro atoms. The SMILES string of the molecule is N#Cc1cc(C#N)c(SCC(=O)N2CCC[C@H]2c2cccs2)nc1N. The van der Waals surface area contributed by atoms with Crippen molar-refractivity contribution in [1.82, 2.24) is 9.88 Å². The highest BCUT2D eigenvalue weighted by Gasteiger charge is 2.30. The fourth-order valence-electron chi connectivity index (χ4n) is 2.84. The van der Waals surface area contributed by atoms with Gasteiger partial charge in [-0.2, -0.15) is 10.5 Å². The van der Waals surface area contributed by atoms with Gasteiger partial charge in [-0.1, -0.05) is 17.8 Å². The number of nitriles is 2. The van der Waals surface area contributed by atoms with Gasteiger partial charge in [0.25, 0.3) is 0 Å². The Balaban J connectivity index is 1.72. The highest BCUT2D eigenvalue weighted by molar-refractivity contribution is 8.00. The number of thioether (sulfide) groups is 1. The van der Waals surface area contributed by atoms with Crippen LogP contribution in [-0.4, -0.2) is 28.1 Å². The van der Waals surface area contributed by atoms with Crippen LogP contribution in [0.25, 0.3) is 0 Å². The molecule has 2 aromatic heterocycles. The lowest BCUT2D eigenvalue weighted by Gasteiger charge is -2.23. The largest absolute Gasteiger partial charge is 0.383 e. The summed E-state index contributed by atoms with van der Waals surface area (Å²) < 4.78 is 0. The molecule has 8 heteroatoms. The van der Waals surface area contributed by atoms with Crippen LogP contribution in [0.15, 0.2) is 28.6 Å². The number of nitrogens with two attached hydrogens (primary N) is 1. The first kappa shape index (κ1) is 17.3. The smallest absolute Gasteiger partial charge is 0.233 e. The van der Waals surface area contributed by atoms with Gasteiger partial charge in [0.15, 0.2) is 0 Å². The standard InChI is InChI=1S/C17H15N5OS2/c18-8-11-7-12(9-19)17(21-16(11)20)25-10-15(23)22-5-1-3-13(22)14-4-2-6-24-14/h2,4,6-7,13H,1,3,5,10H2,(H2,20,21)/t13-/m0/s1. The molecule has 1 amide bonds. The molecule has 2 N–H and O–H groups in total. The molecule has 1 aliphatic rings. The van der Waals surface area contributed by atoms with Crippen molar-refractivity contribution in [3.05, 3.63) is 39.6 Å². The number of likely N-dealkylation sites (tertiary alicyclic amines) is 1. The molecule has 2 aromatic rings. The molecule has 1 fully saturated rings. The number of nitrogen functional groups attached to an aromatic ring is 1. The highest BCUT2D eigenvalue weighted by Crippen LogP contribution is 2.35. The van der Waals surface area contributed by atoms with E-state index in [0.717, 1.165) is 19.4 Å². The van der Waals surface area contributed by atoms with Crippen LogP contribution in [0.5, 0.6) is 0 Å². The molecule has 1 atom stereocenters. The average Bonchev–Trinajstić information content (AvgIpc) is 3.30. The van der Waals surface area contributed by atoms with Gasteiger partial charge in [-0.3, -0.25) is 4.79 Å². The van der Waals surface area contributed by atoms with Gasteiger partial charge in [0.1, 0.15) is 23.0 Å². The molecule has 3 heterocycles. The second-order valence-electron chi connectivity index (χ2n) is 5.55. The third-order valence-corrected chi connectivity index (χ3v) is 5.98. The number of nitrogens with zero attached hydrogens (tertiary/aromatic N) is 4. The van der Waals surface area contributed by atoms with Crippen molar-refractivity contribution in [2.24, 2.45) is 0 Å². The second-order valence-corrected chi connectivity index (χ2v) is 7.49. The van der Waals surface area contributed by atoms with Crippen molar-refractivity contribution in [2.75, 3.05) is 18.0 Å². The Bertz CT molecular complexity index is 866. The lowest BCUT2D eigenvalue weighted by atomic mass is 10.2. The second kappa shape index (κ2) is 7.56. The van der Waals surface area contributed by atoms with Gasteiger partial charge in [0, 0.05) is 11.4 Å². The molecule has 0 aliphatic carbocycles. The molecule has 126 valence electrons. The Labute approximate surface area is 153 Å². The summed E-state index contributed by atoms with van der Waals surface area (Å²) in [5.74, 6) is 0.290. The van der Waals surface area contributed by atoms with E-state index in [1.165, 1.54) is 22.7 Å². The molecule has 25 heavy (non-hydrogen) atoms. The summed E-state index contributed by atoms with van der Waals surface area (Å²) in [4.78, 5) is 19.9. The number of thiophene rings is 1. The number of hydrogen-bond donors (Lipinski definition) is 1. The molecule has 0 aromatic carbocycles. The van der Waals surface area contributed by atoms with E-state index in [9.17, 15) is 10.1 Å². The third kappa shape index (κ3) is 3.60. The molecule has 0 unspecified atom stereocenters. The van der Waals surface area contributed by atoms with Crippen LogP contribution in [0, 0.1) is 22.7 Å². The fraction of sp³-hybridized carbons (Fsp3) is 0.294. The Kier molecular flexibility index (Phi) is 5.22. The third-order valence-electron chi connectivity index (χ3n) is 4.04. The van der Waals surface area contributed by atoms with Gasteiger partial charge in [-0.15, -0.1) is 11.3 Å². The van der Waals surface area contributed by atoms with Gasteiger partial charge < -0.3 is 10.6 Å². The minimum Gasteiger partial charge on any atom is -0.383 e. The first-order valence-corrected chi connectivity index (χ1v) is 9.57. The lowest BCUT2D eigenvalue weighted by Crippen LogP contribution is -2.31. The molecule has 0 radical (unpaired) electrons. The van der Waals surface area contributed by atoms with Gasteiger partial charge in [-0.05, 0) is 30.4 Å². The summed E-state index contributed by atoms with van der Waals surface area (Å²) in [6, 6.07) is 9.53. The van der Waals surface area contributed by atoms with Crippen LogP contribution >= 0.6 is 23.1 Å². The molecule has 3 rings (SSSR count). The topological polar surface area (TPSA) is 107 Å². The number of hydrogen-bond acceptors (Lipinski definition) is 7. The Morgan fingerprint density at radius 3 is 2.92 bits per heavy atom. The average molecular weight is 369 g/mol. The maximum atomic E-state index is 12.6. The predicted molar refractivity (Wildman–Crippen MR) is 96.8 cm³/mol. The zero-order valence-corrected chi connectivity index (χ0v) is 14.9. The fourth-order valence-corrected chi connectivity index (χ4v) is 4.57. The summed E-state index contributed by atoms with van der Waals surface area (Å²) in [7, 11) is 0. The number of carbonyl (C=O) groups is 1. The Morgan fingerprint density at radius 2 is 2.24 bits per heavy atom. The highest BCUT2D eigenvalue weighted by atomic mass is 32.2. The van der Waals surface area contributed by atoms with Crippen LogP contribution in [0.4, 0.5) is 5.82 Å². The van der Waals surface area contributed by atoms with Gasteiger partial charge in [0.05, 0.1) is 22.9 Å². The van der Waals surface area contributed by atoms with E-state index in [1.54, 1.807) is 11.3 Å². The van der Waals surface area contributed by atoms with E-state index in [4.69, 9.17) is 11.0 Å². The van der Waals surface area contributed by atoms with Crippen molar-refractivity contribution in [2.45, 2.75) is 23.9 Å². The number of rotatable bonds is 4. The number of carbonyl (C=O) groups excluding carboxylic acids is 1. The zero-order valence-electron chi connectivity index (χ0n) is 13.3.